The first-order valence-corrected chi connectivity index (χ1v) is 10.7. The molecule has 142 valence electrons. The van der Waals surface area contributed by atoms with Crippen molar-refractivity contribution in [2.75, 3.05) is 13.2 Å². The molecule has 1 aliphatic rings. The second kappa shape index (κ2) is 12.2. The minimum absolute atomic E-state index is 0.814. The van der Waals surface area contributed by atoms with E-state index in [1.807, 2.05) is 24.3 Å². The average Bonchev–Trinajstić information content (AvgIpc) is 2.65. The van der Waals surface area contributed by atoms with Gasteiger partial charge in [-0.2, -0.15) is 0 Å². The SMILES string of the molecule is CCCCCOc1ccc(OCCCC2CCC(CCC)CC2)cc1. The second-order valence-corrected chi connectivity index (χ2v) is 7.69. The van der Waals surface area contributed by atoms with Crippen LogP contribution >= 0.6 is 0 Å². The lowest BCUT2D eigenvalue weighted by atomic mass is 9.78. The van der Waals surface area contributed by atoms with E-state index in [1.165, 1.54) is 64.2 Å². The molecule has 0 saturated heterocycles. The Labute approximate surface area is 155 Å². The van der Waals surface area contributed by atoms with Crippen molar-refractivity contribution in [3.05, 3.63) is 24.3 Å². The van der Waals surface area contributed by atoms with Crippen LogP contribution in [0, 0.1) is 11.8 Å². The molecule has 2 heteroatoms. The number of unbranched alkanes of at least 4 members (excludes halogenated alkanes) is 2. The fourth-order valence-corrected chi connectivity index (χ4v) is 3.95. The zero-order valence-corrected chi connectivity index (χ0v) is 16.5. The van der Waals surface area contributed by atoms with E-state index in [9.17, 15) is 0 Å². The first-order chi connectivity index (χ1) is 12.3. The topological polar surface area (TPSA) is 18.5 Å². The number of hydrogen-bond acceptors (Lipinski definition) is 2. The molecule has 0 amide bonds. The van der Waals surface area contributed by atoms with Gasteiger partial charge in [0.2, 0.25) is 0 Å². The summed E-state index contributed by atoms with van der Waals surface area (Å²) in [5, 5.41) is 0. The summed E-state index contributed by atoms with van der Waals surface area (Å²) < 4.78 is 11.6. The van der Waals surface area contributed by atoms with Crippen molar-refractivity contribution < 1.29 is 9.47 Å². The van der Waals surface area contributed by atoms with Gasteiger partial charge in [0, 0.05) is 0 Å². The molecule has 0 spiro atoms. The van der Waals surface area contributed by atoms with Gasteiger partial charge in [-0.05, 0) is 55.4 Å². The van der Waals surface area contributed by atoms with Gasteiger partial charge in [0.05, 0.1) is 13.2 Å². The summed E-state index contributed by atoms with van der Waals surface area (Å²) >= 11 is 0. The van der Waals surface area contributed by atoms with E-state index < -0.39 is 0 Å². The van der Waals surface area contributed by atoms with Crippen LogP contribution in [0.5, 0.6) is 11.5 Å². The molecule has 0 heterocycles. The molecular weight excluding hydrogens is 308 g/mol. The maximum atomic E-state index is 5.90. The molecule has 1 saturated carbocycles. The van der Waals surface area contributed by atoms with Crippen molar-refractivity contribution in [3.8, 4) is 11.5 Å². The normalized spacial score (nSPS) is 20.4. The van der Waals surface area contributed by atoms with Crippen LogP contribution in [0.4, 0.5) is 0 Å². The van der Waals surface area contributed by atoms with Crippen molar-refractivity contribution in [2.45, 2.75) is 84.5 Å². The smallest absolute Gasteiger partial charge is 0.119 e. The van der Waals surface area contributed by atoms with Crippen LogP contribution in [0.25, 0.3) is 0 Å². The molecule has 2 rings (SSSR count). The number of rotatable bonds is 12. The molecular formula is C23H38O2. The van der Waals surface area contributed by atoms with Gasteiger partial charge in [0.25, 0.3) is 0 Å². The van der Waals surface area contributed by atoms with Crippen LogP contribution in [0.1, 0.15) is 84.5 Å². The average molecular weight is 347 g/mol. The largest absolute Gasteiger partial charge is 0.494 e. The Bertz CT molecular complexity index is 432. The van der Waals surface area contributed by atoms with Crippen molar-refractivity contribution in [1.82, 2.24) is 0 Å². The first-order valence-electron chi connectivity index (χ1n) is 10.7. The zero-order valence-electron chi connectivity index (χ0n) is 16.5. The molecule has 0 radical (unpaired) electrons. The maximum absolute atomic E-state index is 5.90. The summed E-state index contributed by atoms with van der Waals surface area (Å²) in [5.41, 5.74) is 0. The van der Waals surface area contributed by atoms with E-state index in [4.69, 9.17) is 9.47 Å². The predicted octanol–water partition coefficient (Wildman–Crippen LogP) is 7.02. The number of ether oxygens (including phenoxy) is 2. The molecule has 0 aromatic heterocycles. The molecule has 1 aliphatic carbocycles. The zero-order chi connectivity index (χ0) is 17.7. The molecule has 2 nitrogen and oxygen atoms in total. The molecule has 0 N–H and O–H groups in total. The molecule has 25 heavy (non-hydrogen) atoms. The number of hydrogen-bond donors (Lipinski definition) is 0. The highest BCUT2D eigenvalue weighted by molar-refractivity contribution is 5.31. The van der Waals surface area contributed by atoms with E-state index in [0.717, 1.165) is 43.0 Å². The van der Waals surface area contributed by atoms with Crippen molar-refractivity contribution >= 4 is 0 Å². The van der Waals surface area contributed by atoms with Crippen LogP contribution in [-0.2, 0) is 0 Å². The van der Waals surface area contributed by atoms with Crippen molar-refractivity contribution in [1.29, 1.82) is 0 Å². The third-order valence-electron chi connectivity index (χ3n) is 5.53. The van der Waals surface area contributed by atoms with Crippen LogP contribution in [0.3, 0.4) is 0 Å². The Morgan fingerprint density at radius 3 is 1.72 bits per heavy atom. The molecule has 0 atom stereocenters. The third-order valence-corrected chi connectivity index (χ3v) is 5.53. The van der Waals surface area contributed by atoms with E-state index >= 15 is 0 Å². The van der Waals surface area contributed by atoms with E-state index in [0.29, 0.717) is 0 Å². The van der Waals surface area contributed by atoms with Gasteiger partial charge in [0.15, 0.2) is 0 Å². The molecule has 0 unspecified atom stereocenters. The van der Waals surface area contributed by atoms with Gasteiger partial charge in [-0.25, -0.2) is 0 Å². The standard InChI is InChI=1S/C23H38O2/c1-3-5-6-18-24-22-14-16-23(17-15-22)25-19-7-9-21-12-10-20(8-4-2)11-13-21/h14-17,20-21H,3-13,18-19H2,1-2H3. The van der Waals surface area contributed by atoms with E-state index in [-0.39, 0.29) is 0 Å². The predicted molar refractivity (Wildman–Crippen MR) is 107 cm³/mol. The molecule has 1 fully saturated rings. The van der Waals surface area contributed by atoms with E-state index in [1.54, 1.807) is 0 Å². The summed E-state index contributed by atoms with van der Waals surface area (Å²) in [6.07, 6.45) is 14.7. The highest BCUT2D eigenvalue weighted by Gasteiger charge is 2.20. The summed E-state index contributed by atoms with van der Waals surface area (Å²) in [4.78, 5) is 0. The third kappa shape index (κ3) is 8.16. The first kappa shape index (κ1) is 20.1. The Morgan fingerprint density at radius 2 is 1.20 bits per heavy atom. The van der Waals surface area contributed by atoms with Crippen LogP contribution in [0.2, 0.25) is 0 Å². The van der Waals surface area contributed by atoms with Gasteiger partial charge < -0.3 is 9.47 Å². The maximum Gasteiger partial charge on any atom is 0.119 e. The van der Waals surface area contributed by atoms with Crippen LogP contribution < -0.4 is 9.47 Å². The lowest BCUT2D eigenvalue weighted by Gasteiger charge is -2.28. The van der Waals surface area contributed by atoms with Gasteiger partial charge in [-0.3, -0.25) is 0 Å². The lowest BCUT2D eigenvalue weighted by Crippen LogP contribution is -2.15. The summed E-state index contributed by atoms with van der Waals surface area (Å²) in [7, 11) is 0. The minimum Gasteiger partial charge on any atom is -0.494 e. The van der Waals surface area contributed by atoms with Gasteiger partial charge >= 0.3 is 0 Å². The minimum atomic E-state index is 0.814. The highest BCUT2D eigenvalue weighted by atomic mass is 16.5. The summed E-state index contributed by atoms with van der Waals surface area (Å²) in [5.74, 6) is 3.87. The van der Waals surface area contributed by atoms with Crippen LogP contribution in [-0.4, -0.2) is 13.2 Å². The van der Waals surface area contributed by atoms with Crippen molar-refractivity contribution in [2.24, 2.45) is 11.8 Å². The van der Waals surface area contributed by atoms with Gasteiger partial charge in [0.1, 0.15) is 11.5 Å². The Hall–Kier alpha value is -1.18. The van der Waals surface area contributed by atoms with Gasteiger partial charge in [-0.15, -0.1) is 0 Å². The molecule has 1 aromatic carbocycles. The molecule has 0 aliphatic heterocycles. The van der Waals surface area contributed by atoms with Crippen molar-refractivity contribution in [3.63, 3.8) is 0 Å². The highest BCUT2D eigenvalue weighted by Crippen LogP contribution is 2.33. The van der Waals surface area contributed by atoms with E-state index in [2.05, 4.69) is 13.8 Å². The number of benzene rings is 1. The summed E-state index contributed by atoms with van der Waals surface area (Å²) in [6, 6.07) is 8.11. The fourth-order valence-electron chi connectivity index (χ4n) is 3.95. The Morgan fingerprint density at radius 1 is 0.680 bits per heavy atom. The Balaban J connectivity index is 1.54. The second-order valence-electron chi connectivity index (χ2n) is 7.69. The van der Waals surface area contributed by atoms with Crippen LogP contribution in [0.15, 0.2) is 24.3 Å². The lowest BCUT2D eigenvalue weighted by molar-refractivity contribution is 0.230. The Kier molecular flexibility index (Phi) is 9.84. The molecule has 0 bridgehead atoms. The quantitative estimate of drug-likeness (QED) is 0.378. The van der Waals surface area contributed by atoms with Gasteiger partial charge in [-0.1, -0.05) is 65.2 Å². The summed E-state index contributed by atoms with van der Waals surface area (Å²) in [6.45, 7) is 6.18. The monoisotopic (exact) mass is 346 g/mol. The molecule has 1 aromatic rings. The fraction of sp³-hybridized carbons (Fsp3) is 0.739.